The number of anilines is 1. The van der Waals surface area contributed by atoms with Crippen LogP contribution in [0.3, 0.4) is 0 Å². The highest BCUT2D eigenvalue weighted by molar-refractivity contribution is 7.89. The lowest BCUT2D eigenvalue weighted by molar-refractivity contribution is 0.102. The number of halogens is 1. The molecule has 1 aliphatic rings. The number of hydrogen-bond donors (Lipinski definition) is 1. The van der Waals surface area contributed by atoms with Gasteiger partial charge in [-0.2, -0.15) is 4.31 Å². The van der Waals surface area contributed by atoms with Gasteiger partial charge in [-0.05, 0) is 50.1 Å². The number of hydrogen-bond acceptors (Lipinski definition) is 6. The number of carbonyl (C=O) groups excluding carboxylic acids is 1. The summed E-state index contributed by atoms with van der Waals surface area (Å²) in [5.41, 5.74) is 1.54. The summed E-state index contributed by atoms with van der Waals surface area (Å²) in [7, 11) is -3.66. The Morgan fingerprint density at radius 3 is 2.70 bits per heavy atom. The Morgan fingerprint density at radius 2 is 1.97 bits per heavy atom. The van der Waals surface area contributed by atoms with E-state index < -0.39 is 22.0 Å². The molecule has 0 spiro atoms. The Labute approximate surface area is 183 Å². The molecule has 1 atom stereocenters. The number of aryl methyl sites for hydroxylation is 1. The maximum Gasteiger partial charge on any atom is 0.286 e. The normalized spacial score (nSPS) is 17.2. The molecule has 1 amide bonds. The van der Waals surface area contributed by atoms with Gasteiger partial charge < -0.3 is 5.32 Å². The first kappa shape index (κ1) is 20.9. The summed E-state index contributed by atoms with van der Waals surface area (Å²) in [6.07, 6.45) is 1.36. The minimum atomic E-state index is -3.66. The van der Waals surface area contributed by atoms with E-state index in [4.69, 9.17) is 11.6 Å². The third-order valence-corrected chi connectivity index (χ3v) is 8.01. The number of aromatic nitrogens is 2. The summed E-state index contributed by atoms with van der Waals surface area (Å²) in [6, 6.07) is 13.2. The van der Waals surface area contributed by atoms with Crippen molar-refractivity contribution in [3.63, 3.8) is 0 Å². The zero-order valence-electron chi connectivity index (χ0n) is 16.1. The topological polar surface area (TPSA) is 92.3 Å². The quantitative estimate of drug-likeness (QED) is 0.611. The van der Waals surface area contributed by atoms with Gasteiger partial charge in [-0.3, -0.25) is 4.79 Å². The molecule has 2 heterocycles. The van der Waals surface area contributed by atoms with Gasteiger partial charge in [-0.15, -0.1) is 10.2 Å². The number of sulfonamides is 1. The highest BCUT2D eigenvalue weighted by atomic mass is 35.5. The molecule has 1 aliphatic heterocycles. The van der Waals surface area contributed by atoms with Gasteiger partial charge >= 0.3 is 0 Å². The van der Waals surface area contributed by atoms with E-state index in [1.54, 1.807) is 48.5 Å². The van der Waals surface area contributed by atoms with E-state index >= 15 is 0 Å². The van der Waals surface area contributed by atoms with Gasteiger partial charge in [-0.25, -0.2) is 8.42 Å². The first-order valence-electron chi connectivity index (χ1n) is 9.33. The second-order valence-corrected chi connectivity index (χ2v) is 10.3. The standard InChI is InChI=1S/C20H19ClN4O3S2/c1-13-7-9-16(10-8-13)30(27,28)25-11-3-6-17(25)19-23-24-20(29-19)18(26)22-15-5-2-4-14(21)12-15/h2,4-5,7-10,12,17H,3,6,11H2,1H3,(H,22,26). The average molecular weight is 463 g/mol. The van der Waals surface area contributed by atoms with E-state index in [-0.39, 0.29) is 9.90 Å². The molecule has 0 radical (unpaired) electrons. The highest BCUT2D eigenvalue weighted by Crippen LogP contribution is 2.37. The first-order chi connectivity index (χ1) is 14.3. The van der Waals surface area contributed by atoms with Gasteiger partial charge in [0, 0.05) is 17.3 Å². The van der Waals surface area contributed by atoms with E-state index in [2.05, 4.69) is 15.5 Å². The Hall–Kier alpha value is -2.33. The summed E-state index contributed by atoms with van der Waals surface area (Å²) >= 11 is 7.05. The molecule has 1 unspecified atom stereocenters. The van der Waals surface area contributed by atoms with Gasteiger partial charge in [0.15, 0.2) is 0 Å². The second-order valence-electron chi connectivity index (χ2n) is 7.00. The van der Waals surface area contributed by atoms with Crippen molar-refractivity contribution >= 4 is 44.6 Å². The van der Waals surface area contributed by atoms with Crippen molar-refractivity contribution in [1.82, 2.24) is 14.5 Å². The molecule has 1 fully saturated rings. The van der Waals surface area contributed by atoms with Crippen molar-refractivity contribution in [3.05, 3.63) is 69.1 Å². The van der Waals surface area contributed by atoms with Crippen molar-refractivity contribution in [2.45, 2.75) is 30.7 Å². The van der Waals surface area contributed by atoms with E-state index in [0.717, 1.165) is 23.3 Å². The van der Waals surface area contributed by atoms with Gasteiger partial charge in [0.05, 0.1) is 10.9 Å². The lowest BCUT2D eigenvalue weighted by atomic mass is 10.2. The molecule has 1 saturated heterocycles. The predicted octanol–water partition coefficient (Wildman–Crippen LogP) is 4.28. The van der Waals surface area contributed by atoms with Crippen LogP contribution >= 0.6 is 22.9 Å². The van der Waals surface area contributed by atoms with Crippen LogP contribution in [-0.2, 0) is 10.0 Å². The Balaban J connectivity index is 1.54. The van der Waals surface area contributed by atoms with Gasteiger partial charge in [0.25, 0.3) is 5.91 Å². The summed E-state index contributed by atoms with van der Waals surface area (Å²) < 4.78 is 27.7. The first-order valence-corrected chi connectivity index (χ1v) is 12.0. The zero-order chi connectivity index (χ0) is 21.3. The van der Waals surface area contributed by atoms with Crippen LogP contribution in [0.1, 0.15) is 39.3 Å². The monoisotopic (exact) mass is 462 g/mol. The largest absolute Gasteiger partial charge is 0.320 e. The molecule has 4 rings (SSSR count). The number of benzene rings is 2. The van der Waals surface area contributed by atoms with Crippen LogP contribution in [0.25, 0.3) is 0 Å². The zero-order valence-corrected chi connectivity index (χ0v) is 18.5. The minimum absolute atomic E-state index is 0.171. The molecule has 3 aromatic rings. The smallest absolute Gasteiger partial charge is 0.286 e. The van der Waals surface area contributed by atoms with Crippen molar-refractivity contribution in [2.75, 3.05) is 11.9 Å². The van der Waals surface area contributed by atoms with E-state index in [9.17, 15) is 13.2 Å². The van der Waals surface area contributed by atoms with Crippen molar-refractivity contribution in [3.8, 4) is 0 Å². The highest BCUT2D eigenvalue weighted by Gasteiger charge is 2.38. The molecule has 7 nitrogen and oxygen atoms in total. The lowest BCUT2D eigenvalue weighted by Crippen LogP contribution is -2.30. The van der Waals surface area contributed by atoms with E-state index in [1.165, 1.54) is 4.31 Å². The molecule has 30 heavy (non-hydrogen) atoms. The van der Waals surface area contributed by atoms with Crippen LogP contribution in [0.15, 0.2) is 53.4 Å². The molecule has 10 heteroatoms. The fraction of sp³-hybridized carbons (Fsp3) is 0.250. The second kappa shape index (κ2) is 8.43. The number of nitrogens with one attached hydrogen (secondary N) is 1. The summed E-state index contributed by atoms with van der Waals surface area (Å²) in [5, 5.41) is 12.0. The summed E-state index contributed by atoms with van der Waals surface area (Å²) in [4.78, 5) is 12.8. The number of carbonyl (C=O) groups is 1. The van der Waals surface area contributed by atoms with Gasteiger partial charge in [-0.1, -0.05) is 46.7 Å². The molecule has 1 N–H and O–H groups in total. The third kappa shape index (κ3) is 4.24. The van der Waals surface area contributed by atoms with Crippen LogP contribution in [-0.4, -0.2) is 35.4 Å². The Bertz CT molecular complexity index is 1180. The fourth-order valence-corrected chi connectivity index (χ4v) is 6.14. The molecule has 156 valence electrons. The average Bonchev–Trinajstić information content (AvgIpc) is 3.38. The van der Waals surface area contributed by atoms with E-state index in [1.807, 2.05) is 6.92 Å². The molecule has 0 aliphatic carbocycles. The summed E-state index contributed by atoms with van der Waals surface area (Å²) in [6.45, 7) is 2.32. The van der Waals surface area contributed by atoms with E-state index in [0.29, 0.717) is 28.7 Å². The fourth-order valence-electron chi connectivity index (χ4n) is 3.33. The molecule has 0 saturated carbocycles. The lowest BCUT2D eigenvalue weighted by Gasteiger charge is -2.22. The van der Waals surface area contributed by atoms with Crippen LogP contribution in [0.4, 0.5) is 5.69 Å². The van der Waals surface area contributed by atoms with Crippen molar-refractivity contribution in [1.29, 1.82) is 0 Å². The van der Waals surface area contributed by atoms with Crippen molar-refractivity contribution < 1.29 is 13.2 Å². The molecular formula is C20H19ClN4O3S2. The van der Waals surface area contributed by atoms with Crippen LogP contribution in [0, 0.1) is 6.92 Å². The maximum atomic E-state index is 13.1. The maximum absolute atomic E-state index is 13.1. The van der Waals surface area contributed by atoms with Crippen LogP contribution in [0.5, 0.6) is 0 Å². The molecule has 2 aromatic carbocycles. The third-order valence-electron chi connectivity index (χ3n) is 4.83. The SMILES string of the molecule is Cc1ccc(S(=O)(=O)N2CCCC2c2nnc(C(=O)Nc3cccc(Cl)c3)s2)cc1. The summed E-state index contributed by atoms with van der Waals surface area (Å²) in [5.74, 6) is -0.410. The molecule has 0 bridgehead atoms. The Morgan fingerprint density at radius 1 is 1.20 bits per heavy atom. The van der Waals surface area contributed by atoms with Crippen LogP contribution < -0.4 is 5.32 Å². The van der Waals surface area contributed by atoms with Gasteiger partial charge in [0.1, 0.15) is 5.01 Å². The Kier molecular flexibility index (Phi) is 5.88. The van der Waals surface area contributed by atoms with Gasteiger partial charge in [0.2, 0.25) is 15.0 Å². The number of rotatable bonds is 5. The number of amides is 1. The number of nitrogens with zero attached hydrogens (tertiary/aromatic N) is 3. The van der Waals surface area contributed by atoms with Crippen molar-refractivity contribution in [2.24, 2.45) is 0 Å². The molecular weight excluding hydrogens is 444 g/mol. The van der Waals surface area contributed by atoms with Crippen LogP contribution in [0.2, 0.25) is 5.02 Å². The minimum Gasteiger partial charge on any atom is -0.320 e. The molecule has 1 aromatic heterocycles. The predicted molar refractivity (Wildman–Crippen MR) is 116 cm³/mol.